The lowest BCUT2D eigenvalue weighted by atomic mass is 10.1. The van der Waals surface area contributed by atoms with Gasteiger partial charge < -0.3 is 24.7 Å². The first-order chi connectivity index (χ1) is 12.2. The molecule has 0 aliphatic heterocycles. The summed E-state index contributed by atoms with van der Waals surface area (Å²) in [5.74, 6) is 3.05. The molecule has 1 aromatic heterocycles. The molecule has 0 atom stereocenters. The van der Waals surface area contributed by atoms with Crippen LogP contribution in [0.5, 0.6) is 11.5 Å². The molecule has 0 unspecified atom stereocenters. The van der Waals surface area contributed by atoms with Crippen LogP contribution in [0.1, 0.15) is 18.3 Å². The van der Waals surface area contributed by atoms with Crippen molar-refractivity contribution in [3.63, 3.8) is 0 Å². The molecule has 0 saturated carbocycles. The van der Waals surface area contributed by atoms with Crippen molar-refractivity contribution in [2.75, 3.05) is 27.3 Å². The van der Waals surface area contributed by atoms with Crippen LogP contribution in [0.3, 0.4) is 0 Å². The van der Waals surface area contributed by atoms with Crippen LogP contribution in [0, 0.1) is 0 Å². The molecule has 2 rings (SSSR count). The molecule has 0 aliphatic rings. The van der Waals surface area contributed by atoms with Gasteiger partial charge in [-0.2, -0.15) is 0 Å². The second-order valence-electron chi connectivity index (χ2n) is 5.42. The Morgan fingerprint density at radius 1 is 1.20 bits per heavy atom. The minimum Gasteiger partial charge on any atom is -0.493 e. The molecule has 0 fully saturated rings. The van der Waals surface area contributed by atoms with Gasteiger partial charge in [-0.05, 0) is 31.0 Å². The number of hydrogen-bond acceptors (Lipinski definition) is 5. The highest BCUT2D eigenvalue weighted by molar-refractivity contribution is 5.79. The van der Waals surface area contributed by atoms with Crippen molar-refractivity contribution >= 4 is 5.96 Å². The van der Waals surface area contributed by atoms with E-state index in [1.165, 1.54) is 0 Å². The number of guanidine groups is 1. The highest BCUT2D eigenvalue weighted by atomic mass is 16.5. The predicted octanol–water partition coefficient (Wildman–Crippen LogP) is 1.13. The van der Waals surface area contributed by atoms with Crippen LogP contribution < -0.4 is 20.1 Å². The van der Waals surface area contributed by atoms with Crippen molar-refractivity contribution in [1.82, 2.24) is 25.4 Å². The van der Waals surface area contributed by atoms with Gasteiger partial charge >= 0.3 is 0 Å². The van der Waals surface area contributed by atoms with Crippen LogP contribution >= 0.6 is 0 Å². The molecule has 0 amide bonds. The summed E-state index contributed by atoms with van der Waals surface area (Å²) in [6.07, 6.45) is 2.51. The number of hydrogen-bond donors (Lipinski definition) is 2. The van der Waals surface area contributed by atoms with Crippen molar-refractivity contribution in [2.45, 2.75) is 19.9 Å². The van der Waals surface area contributed by atoms with Gasteiger partial charge in [-0.1, -0.05) is 6.07 Å². The summed E-state index contributed by atoms with van der Waals surface area (Å²) < 4.78 is 12.5. The van der Waals surface area contributed by atoms with Crippen LogP contribution in [-0.4, -0.2) is 48.0 Å². The molecule has 8 heteroatoms. The maximum Gasteiger partial charge on any atom is 0.191 e. The third-order valence-corrected chi connectivity index (χ3v) is 3.68. The minimum absolute atomic E-state index is 0.474. The maximum absolute atomic E-state index is 5.34. The van der Waals surface area contributed by atoms with Crippen LogP contribution in [0.4, 0.5) is 0 Å². The first kappa shape index (κ1) is 18.6. The maximum atomic E-state index is 5.34. The lowest BCUT2D eigenvalue weighted by molar-refractivity contribution is 0.354. The zero-order chi connectivity index (χ0) is 18.1. The molecule has 0 bridgehead atoms. The van der Waals surface area contributed by atoms with Crippen molar-refractivity contribution < 1.29 is 9.47 Å². The fourth-order valence-corrected chi connectivity index (χ4v) is 2.30. The van der Waals surface area contributed by atoms with Gasteiger partial charge in [0.2, 0.25) is 0 Å². The Kier molecular flexibility index (Phi) is 7.06. The Bertz CT molecular complexity index is 698. The van der Waals surface area contributed by atoms with E-state index >= 15 is 0 Å². The molecule has 25 heavy (non-hydrogen) atoms. The number of aryl methyl sites for hydroxylation is 1. The zero-order valence-corrected chi connectivity index (χ0v) is 15.2. The second-order valence-corrected chi connectivity index (χ2v) is 5.42. The van der Waals surface area contributed by atoms with Crippen molar-refractivity contribution in [2.24, 2.45) is 12.0 Å². The Morgan fingerprint density at radius 3 is 2.64 bits per heavy atom. The highest BCUT2D eigenvalue weighted by Gasteiger charge is 2.05. The number of rotatable bonds is 8. The summed E-state index contributed by atoms with van der Waals surface area (Å²) in [6, 6.07) is 5.94. The molecular weight excluding hydrogens is 320 g/mol. The third-order valence-electron chi connectivity index (χ3n) is 3.68. The molecule has 1 aromatic carbocycles. The number of ether oxygens (including phenoxy) is 2. The standard InChI is InChI=1S/C17H26N6O2/c1-5-18-17(20-11-16-22-21-12-23(16)2)19-9-8-13-6-7-14(24-3)15(10-13)25-4/h6-7,10,12H,5,8-9,11H2,1-4H3,(H2,18,19,20). The smallest absolute Gasteiger partial charge is 0.191 e. The minimum atomic E-state index is 0.474. The number of aromatic nitrogens is 3. The van der Waals surface area contributed by atoms with Crippen molar-refractivity contribution in [1.29, 1.82) is 0 Å². The van der Waals surface area contributed by atoms with Crippen LogP contribution in [0.15, 0.2) is 29.5 Å². The van der Waals surface area contributed by atoms with Crippen molar-refractivity contribution in [3.05, 3.63) is 35.9 Å². The summed E-state index contributed by atoms with van der Waals surface area (Å²) in [5, 5.41) is 14.4. The molecule has 0 saturated heterocycles. The molecule has 0 radical (unpaired) electrons. The van der Waals surface area contributed by atoms with E-state index in [1.54, 1.807) is 20.5 Å². The SMILES string of the molecule is CCNC(=NCc1nncn1C)NCCc1ccc(OC)c(OC)c1. The fraction of sp³-hybridized carbons (Fsp3) is 0.471. The van der Waals surface area contributed by atoms with Gasteiger partial charge in [0.25, 0.3) is 0 Å². The summed E-state index contributed by atoms with van der Waals surface area (Å²) in [4.78, 5) is 4.54. The largest absolute Gasteiger partial charge is 0.493 e. The molecular formula is C17H26N6O2. The second kappa shape index (κ2) is 9.51. The van der Waals surface area contributed by atoms with E-state index in [9.17, 15) is 0 Å². The fourth-order valence-electron chi connectivity index (χ4n) is 2.30. The van der Waals surface area contributed by atoms with E-state index in [0.717, 1.165) is 48.4 Å². The molecule has 8 nitrogen and oxygen atoms in total. The lowest BCUT2D eigenvalue weighted by Gasteiger charge is -2.12. The van der Waals surface area contributed by atoms with E-state index in [2.05, 4.69) is 25.8 Å². The number of aliphatic imine (C=N–C) groups is 1. The third kappa shape index (κ3) is 5.37. The van der Waals surface area contributed by atoms with Gasteiger partial charge in [-0.25, -0.2) is 4.99 Å². The first-order valence-corrected chi connectivity index (χ1v) is 8.23. The highest BCUT2D eigenvalue weighted by Crippen LogP contribution is 2.27. The first-order valence-electron chi connectivity index (χ1n) is 8.23. The molecule has 0 aliphatic carbocycles. The van der Waals surface area contributed by atoms with Crippen molar-refractivity contribution in [3.8, 4) is 11.5 Å². The van der Waals surface area contributed by atoms with Crippen LogP contribution in [0.25, 0.3) is 0 Å². The summed E-state index contributed by atoms with van der Waals surface area (Å²) in [5.41, 5.74) is 1.16. The molecule has 1 heterocycles. The Balaban J connectivity index is 1.91. The number of methoxy groups -OCH3 is 2. The van der Waals surface area contributed by atoms with E-state index in [0.29, 0.717) is 6.54 Å². The van der Waals surface area contributed by atoms with Gasteiger partial charge in [-0.15, -0.1) is 10.2 Å². The predicted molar refractivity (Wildman–Crippen MR) is 97.1 cm³/mol. The quantitative estimate of drug-likeness (QED) is 0.550. The number of nitrogens with one attached hydrogen (secondary N) is 2. The molecule has 2 N–H and O–H groups in total. The normalized spacial score (nSPS) is 11.3. The summed E-state index contributed by atoms with van der Waals surface area (Å²) in [6.45, 7) is 4.05. The zero-order valence-electron chi connectivity index (χ0n) is 15.2. The number of benzene rings is 1. The van der Waals surface area contributed by atoms with Crippen LogP contribution in [-0.2, 0) is 20.0 Å². The van der Waals surface area contributed by atoms with Gasteiger partial charge in [0.15, 0.2) is 23.3 Å². The monoisotopic (exact) mass is 346 g/mol. The van der Waals surface area contributed by atoms with Gasteiger partial charge in [-0.3, -0.25) is 0 Å². The van der Waals surface area contributed by atoms with E-state index in [4.69, 9.17) is 9.47 Å². The summed E-state index contributed by atoms with van der Waals surface area (Å²) >= 11 is 0. The topological polar surface area (TPSA) is 85.6 Å². The van der Waals surface area contributed by atoms with Gasteiger partial charge in [0.05, 0.1) is 14.2 Å². The summed E-state index contributed by atoms with van der Waals surface area (Å²) in [7, 11) is 5.18. The Labute approximate surface area is 148 Å². The van der Waals surface area contributed by atoms with E-state index < -0.39 is 0 Å². The number of nitrogens with zero attached hydrogens (tertiary/aromatic N) is 4. The average molecular weight is 346 g/mol. The lowest BCUT2D eigenvalue weighted by Crippen LogP contribution is -2.38. The Hall–Kier alpha value is -2.77. The van der Waals surface area contributed by atoms with Gasteiger partial charge in [0, 0.05) is 20.1 Å². The average Bonchev–Trinajstić information content (AvgIpc) is 3.04. The molecule has 136 valence electrons. The van der Waals surface area contributed by atoms with Gasteiger partial charge in [0.1, 0.15) is 12.9 Å². The molecule has 2 aromatic rings. The van der Waals surface area contributed by atoms with Crippen LogP contribution in [0.2, 0.25) is 0 Å². The van der Waals surface area contributed by atoms with E-state index in [1.807, 2.05) is 36.7 Å². The Morgan fingerprint density at radius 2 is 2.00 bits per heavy atom. The van der Waals surface area contributed by atoms with E-state index in [-0.39, 0.29) is 0 Å². The molecule has 0 spiro atoms.